The Balaban J connectivity index is 1.67. The van der Waals surface area contributed by atoms with Crippen molar-refractivity contribution in [1.82, 2.24) is 9.80 Å². The van der Waals surface area contributed by atoms with Crippen molar-refractivity contribution in [2.45, 2.75) is 44.9 Å². The summed E-state index contributed by atoms with van der Waals surface area (Å²) in [7, 11) is 0. The summed E-state index contributed by atoms with van der Waals surface area (Å²) in [5.74, 6) is 0. The fourth-order valence-corrected chi connectivity index (χ4v) is 3.68. The van der Waals surface area contributed by atoms with Crippen LogP contribution in [0.25, 0.3) is 0 Å². The molecule has 0 aromatic heterocycles. The number of piperidine rings is 1. The molecule has 2 heterocycles. The van der Waals surface area contributed by atoms with Gasteiger partial charge in [0.25, 0.3) is 0 Å². The molecule has 2 atom stereocenters. The van der Waals surface area contributed by atoms with Gasteiger partial charge in [-0.25, -0.2) is 4.79 Å². The molecule has 2 amide bonds. The van der Waals surface area contributed by atoms with Gasteiger partial charge in [-0.3, -0.25) is 4.90 Å². The van der Waals surface area contributed by atoms with Crippen LogP contribution in [0.4, 0.5) is 10.5 Å². The number of benzene rings is 1. The number of anilines is 1. The van der Waals surface area contributed by atoms with Crippen LogP contribution in [-0.4, -0.2) is 65.9 Å². The molecule has 0 unspecified atom stereocenters. The standard InChI is InChI=1S/C19H29N3O3/c1-2-22(17-13-25-14-18(17)23)19(24)20-16-9-5-4-8-15(16)12-21-10-6-3-7-11-21/h4-5,8-9,17-18,23H,2-3,6-7,10-14H2,1H3,(H,20,24)/t17-,18-/m1/s1. The van der Waals surface area contributed by atoms with E-state index in [2.05, 4.69) is 16.3 Å². The summed E-state index contributed by atoms with van der Waals surface area (Å²) in [6.07, 6.45) is 3.19. The molecule has 1 aromatic carbocycles. The molecule has 0 aliphatic carbocycles. The van der Waals surface area contributed by atoms with Gasteiger partial charge >= 0.3 is 6.03 Å². The van der Waals surface area contributed by atoms with Gasteiger partial charge in [0.05, 0.1) is 25.4 Å². The summed E-state index contributed by atoms with van der Waals surface area (Å²) in [6, 6.07) is 7.53. The number of hydrogen-bond acceptors (Lipinski definition) is 4. The maximum atomic E-state index is 12.8. The van der Waals surface area contributed by atoms with Crippen LogP contribution in [0.1, 0.15) is 31.7 Å². The quantitative estimate of drug-likeness (QED) is 0.858. The molecule has 0 radical (unpaired) electrons. The molecule has 138 valence electrons. The maximum absolute atomic E-state index is 12.8. The molecule has 0 bridgehead atoms. The SMILES string of the molecule is CCN(C(=O)Nc1ccccc1CN1CCCCC1)[C@@H]1COC[C@H]1O. The lowest BCUT2D eigenvalue weighted by Crippen LogP contribution is -2.48. The van der Waals surface area contributed by atoms with E-state index in [1.54, 1.807) is 4.90 Å². The van der Waals surface area contributed by atoms with Crippen LogP contribution >= 0.6 is 0 Å². The van der Waals surface area contributed by atoms with Crippen molar-refractivity contribution in [2.75, 3.05) is 38.2 Å². The minimum atomic E-state index is -0.616. The molecular formula is C19H29N3O3. The highest BCUT2D eigenvalue weighted by atomic mass is 16.5. The average molecular weight is 347 g/mol. The van der Waals surface area contributed by atoms with Gasteiger partial charge in [-0.15, -0.1) is 0 Å². The Morgan fingerprint density at radius 1 is 1.28 bits per heavy atom. The first-order valence-corrected chi connectivity index (χ1v) is 9.32. The number of nitrogens with zero attached hydrogens (tertiary/aromatic N) is 2. The number of carbonyl (C=O) groups is 1. The van der Waals surface area contributed by atoms with E-state index < -0.39 is 6.10 Å². The number of likely N-dealkylation sites (N-methyl/N-ethyl adjacent to an activating group) is 1. The number of ether oxygens (including phenoxy) is 1. The zero-order valence-electron chi connectivity index (χ0n) is 15.0. The van der Waals surface area contributed by atoms with E-state index in [0.29, 0.717) is 19.8 Å². The molecule has 3 rings (SSSR count). The number of para-hydroxylation sites is 1. The van der Waals surface area contributed by atoms with Crippen LogP contribution in [0, 0.1) is 0 Å². The minimum absolute atomic E-state index is 0.178. The molecular weight excluding hydrogens is 318 g/mol. The lowest BCUT2D eigenvalue weighted by Gasteiger charge is -2.30. The van der Waals surface area contributed by atoms with Crippen molar-refractivity contribution < 1.29 is 14.6 Å². The summed E-state index contributed by atoms with van der Waals surface area (Å²) in [5.41, 5.74) is 1.99. The Bertz CT molecular complexity index is 575. The molecule has 0 saturated carbocycles. The first kappa shape index (κ1) is 18.2. The van der Waals surface area contributed by atoms with Gasteiger partial charge in [0.15, 0.2) is 0 Å². The van der Waals surface area contributed by atoms with Gasteiger partial charge in [0, 0.05) is 18.8 Å². The molecule has 6 heteroatoms. The predicted octanol–water partition coefficient (Wildman–Crippen LogP) is 2.29. The van der Waals surface area contributed by atoms with Crippen molar-refractivity contribution in [2.24, 2.45) is 0 Å². The van der Waals surface area contributed by atoms with Crippen LogP contribution in [0.2, 0.25) is 0 Å². The highest BCUT2D eigenvalue weighted by Crippen LogP contribution is 2.21. The van der Waals surface area contributed by atoms with Gasteiger partial charge in [0.1, 0.15) is 0 Å². The van der Waals surface area contributed by atoms with Crippen LogP contribution in [0.5, 0.6) is 0 Å². The van der Waals surface area contributed by atoms with E-state index in [1.165, 1.54) is 19.3 Å². The van der Waals surface area contributed by atoms with Crippen molar-refractivity contribution in [3.05, 3.63) is 29.8 Å². The Morgan fingerprint density at radius 3 is 2.72 bits per heavy atom. The van der Waals surface area contributed by atoms with E-state index >= 15 is 0 Å². The van der Waals surface area contributed by atoms with Gasteiger partial charge in [0.2, 0.25) is 0 Å². The smallest absolute Gasteiger partial charge is 0.322 e. The second-order valence-corrected chi connectivity index (χ2v) is 6.88. The van der Waals surface area contributed by atoms with E-state index in [9.17, 15) is 9.90 Å². The Morgan fingerprint density at radius 2 is 2.04 bits per heavy atom. The normalized spacial score (nSPS) is 24.2. The third-order valence-electron chi connectivity index (χ3n) is 5.12. The van der Waals surface area contributed by atoms with Crippen molar-refractivity contribution >= 4 is 11.7 Å². The number of likely N-dealkylation sites (tertiary alicyclic amines) is 1. The van der Waals surface area contributed by atoms with E-state index in [0.717, 1.165) is 30.9 Å². The van der Waals surface area contributed by atoms with Gasteiger partial charge in [-0.1, -0.05) is 24.6 Å². The highest BCUT2D eigenvalue weighted by Gasteiger charge is 2.33. The lowest BCUT2D eigenvalue weighted by molar-refractivity contribution is 0.1000. The fourth-order valence-electron chi connectivity index (χ4n) is 3.68. The molecule has 2 saturated heterocycles. The molecule has 2 fully saturated rings. The zero-order valence-corrected chi connectivity index (χ0v) is 15.0. The van der Waals surface area contributed by atoms with Crippen LogP contribution < -0.4 is 5.32 Å². The molecule has 0 spiro atoms. The van der Waals surface area contributed by atoms with Gasteiger partial charge < -0.3 is 20.1 Å². The van der Waals surface area contributed by atoms with Crippen molar-refractivity contribution in [1.29, 1.82) is 0 Å². The molecule has 1 aromatic rings. The number of aliphatic hydroxyl groups is 1. The van der Waals surface area contributed by atoms with Crippen molar-refractivity contribution in [3.8, 4) is 0 Å². The van der Waals surface area contributed by atoms with Crippen LogP contribution in [-0.2, 0) is 11.3 Å². The largest absolute Gasteiger partial charge is 0.388 e. The van der Waals surface area contributed by atoms with Crippen molar-refractivity contribution in [3.63, 3.8) is 0 Å². The Kier molecular flexibility index (Phi) is 6.29. The third kappa shape index (κ3) is 4.51. The molecule has 25 heavy (non-hydrogen) atoms. The second kappa shape index (κ2) is 8.65. The summed E-state index contributed by atoms with van der Waals surface area (Å²) in [6.45, 7) is 6.23. The fraction of sp³-hybridized carbons (Fsp3) is 0.632. The lowest BCUT2D eigenvalue weighted by atomic mass is 10.1. The van der Waals surface area contributed by atoms with Gasteiger partial charge in [-0.2, -0.15) is 0 Å². The number of nitrogens with one attached hydrogen (secondary N) is 1. The summed E-state index contributed by atoms with van der Waals surface area (Å²) in [4.78, 5) is 16.9. The molecule has 6 nitrogen and oxygen atoms in total. The summed E-state index contributed by atoms with van der Waals surface area (Å²) >= 11 is 0. The highest BCUT2D eigenvalue weighted by molar-refractivity contribution is 5.90. The molecule has 2 aliphatic heterocycles. The van der Waals surface area contributed by atoms with Crippen LogP contribution in [0.3, 0.4) is 0 Å². The Labute approximate surface area is 149 Å². The number of rotatable bonds is 5. The topological polar surface area (TPSA) is 65.0 Å². The number of urea groups is 1. The van der Waals surface area contributed by atoms with Gasteiger partial charge in [-0.05, 0) is 44.5 Å². The predicted molar refractivity (Wildman–Crippen MR) is 97.6 cm³/mol. The van der Waals surface area contributed by atoms with E-state index in [1.807, 2.05) is 25.1 Å². The maximum Gasteiger partial charge on any atom is 0.322 e. The van der Waals surface area contributed by atoms with E-state index in [4.69, 9.17) is 4.74 Å². The zero-order chi connectivity index (χ0) is 17.6. The minimum Gasteiger partial charge on any atom is -0.388 e. The number of hydrogen-bond donors (Lipinski definition) is 2. The summed E-state index contributed by atoms with van der Waals surface area (Å²) in [5, 5.41) is 13.1. The number of aliphatic hydroxyl groups excluding tert-OH is 1. The summed E-state index contributed by atoms with van der Waals surface area (Å²) < 4.78 is 5.30. The molecule has 2 N–H and O–H groups in total. The average Bonchev–Trinajstić information content (AvgIpc) is 3.04. The number of amides is 2. The second-order valence-electron chi connectivity index (χ2n) is 6.88. The number of carbonyl (C=O) groups excluding carboxylic acids is 1. The van der Waals surface area contributed by atoms with E-state index in [-0.39, 0.29) is 12.1 Å². The first-order chi connectivity index (χ1) is 12.2. The monoisotopic (exact) mass is 347 g/mol. The van der Waals surface area contributed by atoms with Crippen LogP contribution in [0.15, 0.2) is 24.3 Å². The Hall–Kier alpha value is -1.63. The third-order valence-corrected chi connectivity index (χ3v) is 5.12. The molecule has 2 aliphatic rings. The first-order valence-electron chi connectivity index (χ1n) is 9.32.